The molecule has 4 rings (SSSR count). The topological polar surface area (TPSA) is 153 Å². The number of hydrogen-bond acceptors (Lipinski definition) is 7. The minimum atomic E-state index is -3.75. The zero-order chi connectivity index (χ0) is 26.4. The smallest absolute Gasteiger partial charge is 0.341 e. The van der Waals surface area contributed by atoms with E-state index >= 15 is 0 Å². The first-order chi connectivity index (χ1) is 17.0. The van der Waals surface area contributed by atoms with Gasteiger partial charge in [0.25, 0.3) is 5.69 Å². The van der Waals surface area contributed by atoms with Crippen molar-refractivity contribution < 1.29 is 23.2 Å². The molecule has 0 atom stereocenters. The van der Waals surface area contributed by atoms with Gasteiger partial charge in [-0.1, -0.05) is 6.42 Å². The summed E-state index contributed by atoms with van der Waals surface area (Å²) in [5, 5.41) is 21.0. The third-order valence-corrected chi connectivity index (χ3v) is 8.68. The molecule has 0 amide bonds. The number of hydrogen-bond donors (Lipinski definition) is 1. The molecule has 12 heteroatoms. The van der Waals surface area contributed by atoms with Crippen LogP contribution in [0.25, 0.3) is 22.3 Å². The van der Waals surface area contributed by atoms with Crippen LogP contribution in [0.5, 0.6) is 0 Å². The molecule has 1 fully saturated rings. The lowest BCUT2D eigenvalue weighted by atomic mass is 9.99. The zero-order valence-electron chi connectivity index (χ0n) is 20.1. The van der Waals surface area contributed by atoms with Crippen molar-refractivity contribution in [1.82, 2.24) is 13.9 Å². The molecular weight excluding hydrogens is 488 g/mol. The van der Waals surface area contributed by atoms with Crippen molar-refractivity contribution in [3.8, 4) is 11.3 Å². The number of carbonyl (C=O) groups is 1. The number of carboxylic acids is 1. The van der Waals surface area contributed by atoms with Gasteiger partial charge in [0.2, 0.25) is 15.5 Å². The van der Waals surface area contributed by atoms with Gasteiger partial charge in [-0.3, -0.25) is 14.9 Å². The van der Waals surface area contributed by atoms with Gasteiger partial charge in [0.1, 0.15) is 17.4 Å². The van der Waals surface area contributed by atoms with Crippen LogP contribution in [0.4, 0.5) is 5.69 Å². The number of benzene rings is 1. The van der Waals surface area contributed by atoms with E-state index in [-0.39, 0.29) is 28.2 Å². The van der Waals surface area contributed by atoms with Gasteiger partial charge in [0.15, 0.2) is 0 Å². The highest BCUT2D eigenvalue weighted by molar-refractivity contribution is 7.89. The molecule has 0 radical (unpaired) electrons. The SMILES string of the molecule is CCn1c(-c2cc(C)c(S(=O)(=O)N3CCCCC3)c(C)c2)c(C(=O)O)c(=O)c2cc([N+](=O)[O-])cnc21. The lowest BCUT2D eigenvalue weighted by molar-refractivity contribution is -0.385. The van der Waals surface area contributed by atoms with E-state index in [1.165, 1.54) is 8.87 Å². The van der Waals surface area contributed by atoms with Crippen molar-refractivity contribution >= 4 is 32.7 Å². The molecule has 2 aromatic heterocycles. The number of piperidine rings is 1. The molecule has 0 saturated carbocycles. The first kappa shape index (κ1) is 25.5. The largest absolute Gasteiger partial charge is 0.477 e. The average Bonchev–Trinajstić information content (AvgIpc) is 2.83. The maximum atomic E-state index is 13.4. The van der Waals surface area contributed by atoms with Crippen molar-refractivity contribution in [3.05, 3.63) is 61.4 Å². The minimum Gasteiger partial charge on any atom is -0.477 e. The summed E-state index contributed by atoms with van der Waals surface area (Å²) in [4.78, 5) is 40.3. The van der Waals surface area contributed by atoms with Gasteiger partial charge in [-0.15, -0.1) is 0 Å². The number of aromatic carboxylic acids is 1. The summed E-state index contributed by atoms with van der Waals surface area (Å²) in [6.07, 6.45) is 3.59. The van der Waals surface area contributed by atoms with E-state index in [1.54, 1.807) is 32.9 Å². The highest BCUT2D eigenvalue weighted by Crippen LogP contribution is 2.33. The Hall–Kier alpha value is -3.64. The fourth-order valence-corrected chi connectivity index (χ4v) is 6.88. The normalized spacial score (nSPS) is 14.8. The number of nitro groups is 1. The number of carboxylic acid groups (broad SMARTS) is 1. The second-order valence-electron chi connectivity index (χ2n) is 8.83. The Morgan fingerprint density at radius 2 is 1.75 bits per heavy atom. The second kappa shape index (κ2) is 9.43. The lowest BCUT2D eigenvalue weighted by Crippen LogP contribution is -2.36. The number of rotatable bonds is 6. The van der Waals surface area contributed by atoms with Gasteiger partial charge >= 0.3 is 5.97 Å². The van der Waals surface area contributed by atoms with E-state index in [9.17, 15) is 33.2 Å². The van der Waals surface area contributed by atoms with Crippen LogP contribution < -0.4 is 5.43 Å². The summed E-state index contributed by atoms with van der Waals surface area (Å²) >= 11 is 0. The molecular formula is C24H26N4O7S. The van der Waals surface area contributed by atoms with E-state index in [0.717, 1.165) is 31.5 Å². The van der Waals surface area contributed by atoms with Crippen molar-refractivity contribution in [2.24, 2.45) is 0 Å². The van der Waals surface area contributed by atoms with Gasteiger partial charge in [0, 0.05) is 25.7 Å². The summed E-state index contributed by atoms with van der Waals surface area (Å²) in [5.41, 5.74) is -0.500. The Labute approximate surface area is 207 Å². The van der Waals surface area contributed by atoms with Crippen LogP contribution in [-0.4, -0.2) is 51.4 Å². The third kappa shape index (κ3) is 4.16. The number of nitrogens with zero attached hydrogens (tertiary/aromatic N) is 4. The van der Waals surface area contributed by atoms with Crippen molar-refractivity contribution in [2.45, 2.75) is 51.5 Å². The van der Waals surface area contributed by atoms with E-state index in [0.29, 0.717) is 29.8 Å². The Kier molecular flexibility index (Phi) is 6.67. The maximum Gasteiger partial charge on any atom is 0.341 e. The first-order valence-electron chi connectivity index (χ1n) is 11.5. The quantitative estimate of drug-likeness (QED) is 0.387. The standard InChI is InChI=1S/C24H26N4O7S/c1-4-27-20(19(24(30)31)21(29)18-12-17(28(32)33)13-25-23(18)27)16-10-14(2)22(15(3)11-16)36(34,35)26-8-6-5-7-9-26/h10-13H,4-9H2,1-3H3,(H,30,31). The molecule has 190 valence electrons. The van der Waals surface area contributed by atoms with E-state index in [2.05, 4.69) is 4.98 Å². The van der Waals surface area contributed by atoms with Crippen LogP contribution in [0.3, 0.4) is 0 Å². The van der Waals surface area contributed by atoms with Crippen LogP contribution >= 0.6 is 0 Å². The van der Waals surface area contributed by atoms with E-state index in [4.69, 9.17) is 0 Å². The number of sulfonamides is 1. The van der Waals surface area contributed by atoms with Gasteiger partial charge < -0.3 is 9.67 Å². The molecule has 3 heterocycles. The minimum absolute atomic E-state index is 0.0666. The number of aryl methyl sites for hydroxylation is 3. The molecule has 11 nitrogen and oxygen atoms in total. The molecule has 0 bridgehead atoms. The molecule has 0 unspecified atom stereocenters. The van der Waals surface area contributed by atoms with Gasteiger partial charge in [-0.05, 0) is 62.4 Å². The number of aromatic nitrogens is 2. The highest BCUT2D eigenvalue weighted by atomic mass is 32.2. The highest BCUT2D eigenvalue weighted by Gasteiger charge is 2.31. The molecule has 3 aromatic rings. The van der Waals surface area contributed by atoms with Crippen LogP contribution in [0.2, 0.25) is 0 Å². The Morgan fingerprint density at radius 3 is 2.28 bits per heavy atom. The van der Waals surface area contributed by atoms with E-state index in [1.807, 2.05) is 0 Å². The summed E-state index contributed by atoms with van der Waals surface area (Å²) in [6.45, 7) is 6.13. The number of fused-ring (bicyclic) bond motifs is 1. The van der Waals surface area contributed by atoms with Gasteiger partial charge in [-0.25, -0.2) is 18.2 Å². The molecule has 1 N–H and O–H groups in total. The van der Waals surface area contributed by atoms with Gasteiger partial charge in [0.05, 0.1) is 20.9 Å². The summed E-state index contributed by atoms with van der Waals surface area (Å²) in [6, 6.07) is 4.15. The fourth-order valence-electron chi connectivity index (χ4n) is 4.95. The summed E-state index contributed by atoms with van der Waals surface area (Å²) in [5.74, 6) is -1.49. The molecule has 1 saturated heterocycles. The maximum absolute atomic E-state index is 13.4. The monoisotopic (exact) mass is 514 g/mol. The van der Waals surface area contributed by atoms with Crippen LogP contribution in [0.1, 0.15) is 47.7 Å². The van der Waals surface area contributed by atoms with Crippen molar-refractivity contribution in [1.29, 1.82) is 0 Å². The molecule has 1 aromatic carbocycles. The van der Waals surface area contributed by atoms with Crippen LogP contribution in [0, 0.1) is 24.0 Å². The molecule has 1 aliphatic heterocycles. The first-order valence-corrected chi connectivity index (χ1v) is 13.0. The predicted molar refractivity (Wildman–Crippen MR) is 133 cm³/mol. The lowest BCUT2D eigenvalue weighted by Gasteiger charge is -2.27. The molecule has 36 heavy (non-hydrogen) atoms. The third-order valence-electron chi connectivity index (χ3n) is 6.47. The Bertz CT molecular complexity index is 1550. The van der Waals surface area contributed by atoms with Crippen molar-refractivity contribution in [3.63, 3.8) is 0 Å². The number of pyridine rings is 2. The molecule has 1 aliphatic rings. The van der Waals surface area contributed by atoms with Crippen LogP contribution in [0.15, 0.2) is 34.1 Å². The average molecular weight is 515 g/mol. The summed E-state index contributed by atoms with van der Waals surface area (Å²) < 4.78 is 29.8. The second-order valence-corrected chi connectivity index (χ2v) is 10.7. The van der Waals surface area contributed by atoms with E-state index < -0.39 is 37.6 Å². The fraction of sp³-hybridized carbons (Fsp3) is 0.375. The van der Waals surface area contributed by atoms with Crippen molar-refractivity contribution in [2.75, 3.05) is 13.1 Å². The predicted octanol–water partition coefficient (Wildman–Crippen LogP) is 3.48. The summed E-state index contributed by atoms with van der Waals surface area (Å²) in [7, 11) is -3.75. The molecule has 0 aliphatic carbocycles. The van der Waals surface area contributed by atoms with Gasteiger partial charge in [-0.2, -0.15) is 4.31 Å². The Balaban J connectivity index is 2.01. The zero-order valence-corrected chi connectivity index (χ0v) is 21.0. The Morgan fingerprint density at radius 1 is 1.14 bits per heavy atom. The molecule has 0 spiro atoms. The van der Waals surface area contributed by atoms with Crippen LogP contribution in [-0.2, 0) is 16.6 Å².